The molecule has 3 heterocycles. The Balaban J connectivity index is 1.19. The van der Waals surface area contributed by atoms with Crippen molar-refractivity contribution < 1.29 is 67.0 Å². The quantitative estimate of drug-likeness (QED) is 0.0590. The third-order valence-corrected chi connectivity index (χ3v) is 14.9. The van der Waals surface area contributed by atoms with Crippen molar-refractivity contribution in [3.05, 3.63) is 76.3 Å². The maximum atomic E-state index is 14.1. The van der Waals surface area contributed by atoms with Crippen LogP contribution in [0.15, 0.2) is 54.6 Å². The first-order valence-corrected chi connectivity index (χ1v) is 26.9. The highest BCUT2D eigenvalue weighted by molar-refractivity contribution is 6.32. The van der Waals surface area contributed by atoms with Gasteiger partial charge in [0.1, 0.15) is 35.8 Å². The van der Waals surface area contributed by atoms with Crippen LogP contribution in [-0.2, 0) is 75.1 Å². The summed E-state index contributed by atoms with van der Waals surface area (Å²) in [6.07, 6.45) is 2.12. The maximum absolute atomic E-state index is 14.1. The molecule has 0 aromatic heterocycles. The van der Waals surface area contributed by atoms with Crippen LogP contribution in [0, 0.1) is 29.1 Å². The summed E-state index contributed by atoms with van der Waals surface area (Å²) in [5.74, 6) is -5.94. The molecule has 0 radical (unpaired) electrons. The predicted molar refractivity (Wildman–Crippen MR) is 283 cm³/mol. The molecule has 2 aromatic carbocycles. The summed E-state index contributed by atoms with van der Waals surface area (Å²) in [5, 5.41) is 12.2. The number of hydrogen-bond acceptors (Lipinski definition) is 14. The molecule has 6 amide bonds. The topological polar surface area (TPSA) is 262 Å². The number of nitrogens with one attached hydrogen (secondary N) is 4. The molecule has 0 saturated carbocycles. The molecule has 5 rings (SSSR count). The number of hydrogen-bond donors (Lipinski definition) is 4. The number of ketones is 2. The number of aryl methyl sites for hydroxylation is 1. The first-order valence-electron chi connectivity index (χ1n) is 26.6. The van der Waals surface area contributed by atoms with Crippen LogP contribution in [0.5, 0.6) is 5.75 Å². The van der Waals surface area contributed by atoms with Gasteiger partial charge in [0.2, 0.25) is 23.6 Å². The third kappa shape index (κ3) is 17.5. The molecule has 1 unspecified atom stereocenters. The number of imide groups is 1. The first kappa shape index (κ1) is 61.4. The Morgan fingerprint density at radius 2 is 1.52 bits per heavy atom. The monoisotopic (exact) mass is 1090 g/mol. The van der Waals surface area contributed by atoms with Gasteiger partial charge in [-0.25, -0.2) is 9.59 Å². The summed E-state index contributed by atoms with van der Waals surface area (Å²) in [5.41, 5.74) is 1.19. The second-order valence-corrected chi connectivity index (χ2v) is 22.2. The Labute approximate surface area is 455 Å². The number of epoxide rings is 1. The van der Waals surface area contributed by atoms with E-state index in [2.05, 4.69) is 21.3 Å². The fourth-order valence-electron chi connectivity index (χ4n) is 9.11. The third-order valence-electron chi connectivity index (χ3n) is 14.6. The van der Waals surface area contributed by atoms with Crippen LogP contribution in [0.25, 0.3) is 0 Å². The number of esters is 1. The highest BCUT2D eigenvalue weighted by Crippen LogP contribution is 2.45. The molecule has 19 nitrogen and oxygen atoms in total. The predicted octanol–water partition coefficient (Wildman–Crippen LogP) is 6.10. The fraction of sp³-hybridized carbons (Fsp3) is 0.579. The molecule has 4 N–H and O–H groups in total. The van der Waals surface area contributed by atoms with Crippen LogP contribution < -0.4 is 26.0 Å². The van der Waals surface area contributed by atoms with Crippen LogP contribution in [0.4, 0.5) is 0 Å². The zero-order valence-electron chi connectivity index (χ0n) is 45.9. The molecule has 0 bridgehead atoms. The van der Waals surface area contributed by atoms with Gasteiger partial charge in [-0.15, -0.1) is 5.06 Å². The van der Waals surface area contributed by atoms with Gasteiger partial charge in [-0.2, -0.15) is 0 Å². The number of carbonyl (C=O) groups is 10. The van der Waals surface area contributed by atoms with Crippen molar-refractivity contribution in [1.82, 2.24) is 26.3 Å². The van der Waals surface area contributed by atoms with Gasteiger partial charge in [-0.3, -0.25) is 38.4 Å². The molecule has 20 heteroatoms. The summed E-state index contributed by atoms with van der Waals surface area (Å²) in [6.45, 7) is 16.0. The summed E-state index contributed by atoms with van der Waals surface area (Å²) in [4.78, 5) is 135. The molecule has 0 spiro atoms. The van der Waals surface area contributed by atoms with Crippen LogP contribution >= 0.6 is 11.6 Å². The number of carbonyl (C=O) groups excluding carboxylic acids is 10. The largest absolute Gasteiger partial charge is 0.495 e. The van der Waals surface area contributed by atoms with Gasteiger partial charge < -0.3 is 40.3 Å². The summed E-state index contributed by atoms with van der Waals surface area (Å²) >= 11 is 6.40. The van der Waals surface area contributed by atoms with Crippen molar-refractivity contribution in [2.75, 3.05) is 7.11 Å². The van der Waals surface area contributed by atoms with E-state index in [1.165, 1.54) is 13.2 Å². The molecule has 9 atom stereocenters. The minimum atomic E-state index is -1.21. The fourth-order valence-corrected chi connectivity index (χ4v) is 9.39. The number of ether oxygens (including phenoxy) is 3. The van der Waals surface area contributed by atoms with Gasteiger partial charge in [0.25, 0.3) is 11.8 Å². The average molecular weight is 1090 g/mol. The molecule has 77 heavy (non-hydrogen) atoms. The number of amides is 6. The SMILES string of the molecule is COc1ccc(C[C@H]2NC(=O)/C=C/C[C@@H]([C@H](C)[C@H]3O[C@@H]3c3ccc(CCC(=O)[C@H](C)NC(=O)[C@@H](CC(=O)CCCC(=O)ON4C(=O)CCC4=O)C(C)C)cc3)OC(=O)[C@H](CC(C)C)NC(=O)C(C)(C)C(C)NC2=O)cc1Cl. The second-order valence-electron chi connectivity index (χ2n) is 21.8. The highest BCUT2D eigenvalue weighted by Gasteiger charge is 2.48. The Bertz CT molecular complexity index is 2530. The molecule has 2 fully saturated rings. The first-order chi connectivity index (χ1) is 36.3. The maximum Gasteiger partial charge on any atom is 0.333 e. The Hall–Kier alpha value is -6.47. The van der Waals surface area contributed by atoms with Crippen molar-refractivity contribution in [2.24, 2.45) is 29.1 Å². The number of cyclic esters (lactones) is 1. The van der Waals surface area contributed by atoms with E-state index < -0.39 is 89.0 Å². The van der Waals surface area contributed by atoms with Crippen LogP contribution in [0.2, 0.25) is 5.02 Å². The Morgan fingerprint density at radius 1 is 0.857 bits per heavy atom. The van der Waals surface area contributed by atoms with Crippen molar-refractivity contribution in [2.45, 2.75) is 175 Å². The smallest absolute Gasteiger partial charge is 0.333 e. The lowest BCUT2D eigenvalue weighted by atomic mass is 9.83. The van der Waals surface area contributed by atoms with Crippen molar-refractivity contribution in [3.8, 4) is 5.75 Å². The standard InChI is InChI=1S/C57H76ClN5O14/c1-31(2)27-43-55(72)75-45(14-12-15-47(66)61-42(29-37-20-24-46(74-10)41(58)28-37)54(71)60-35(7)57(8,9)56(73)62-43)33(5)51-52(76-51)38-21-17-36(18-22-38)19-23-44(65)34(6)59-53(70)40(32(3)4)30-39(64)13-11-16-50(69)77-63-48(67)25-26-49(63)68/h12,15,17-18,20-22,24,28,31-35,40,42-43,45,51-52H,11,13-14,16,19,23,25-27,29-30H2,1-10H3,(H,59,70)(H,60,71)(H,61,66)(H,62,73)/b15-12+/t33-,34-,35?,40-,42+,43-,45-,51+,52+/m0/s1. The number of rotatable bonds is 22. The molecule has 3 aliphatic heterocycles. The van der Waals surface area contributed by atoms with Gasteiger partial charge in [-0.1, -0.05) is 82.6 Å². The lowest BCUT2D eigenvalue weighted by molar-refractivity contribution is -0.197. The van der Waals surface area contributed by atoms with E-state index in [0.717, 1.165) is 11.1 Å². The lowest BCUT2D eigenvalue weighted by Gasteiger charge is -2.34. The minimum Gasteiger partial charge on any atom is -0.495 e. The molecular formula is C57H76ClN5O14. The molecule has 2 aromatic rings. The highest BCUT2D eigenvalue weighted by atomic mass is 35.5. The van der Waals surface area contributed by atoms with Crippen LogP contribution in [-0.4, -0.2) is 107 Å². The molecule has 420 valence electrons. The average Bonchev–Trinajstić information content (AvgIpc) is 4.11. The zero-order valence-corrected chi connectivity index (χ0v) is 46.6. The molecular weight excluding hydrogens is 1010 g/mol. The Morgan fingerprint density at radius 3 is 2.14 bits per heavy atom. The number of Topliss-reactive ketones (excluding diaryl/α,β-unsaturated/α-hetero) is 2. The lowest BCUT2D eigenvalue weighted by Crippen LogP contribution is -2.58. The molecule has 3 aliphatic rings. The zero-order chi connectivity index (χ0) is 56.9. The number of hydroxylamine groups is 2. The number of halogens is 1. The molecule has 2 saturated heterocycles. The minimum absolute atomic E-state index is 0.00420. The summed E-state index contributed by atoms with van der Waals surface area (Å²) in [7, 11) is 1.49. The van der Waals surface area contributed by atoms with E-state index in [1.807, 2.05) is 45.0 Å². The number of benzene rings is 2. The van der Waals surface area contributed by atoms with E-state index in [1.54, 1.807) is 65.8 Å². The van der Waals surface area contributed by atoms with E-state index in [4.69, 9.17) is 30.6 Å². The van der Waals surface area contributed by atoms with E-state index in [9.17, 15) is 47.9 Å². The van der Waals surface area contributed by atoms with Crippen molar-refractivity contribution in [3.63, 3.8) is 0 Å². The van der Waals surface area contributed by atoms with Gasteiger partial charge in [-0.05, 0) is 93.7 Å². The van der Waals surface area contributed by atoms with E-state index >= 15 is 0 Å². The summed E-state index contributed by atoms with van der Waals surface area (Å²) in [6, 6.07) is 9.06. The van der Waals surface area contributed by atoms with Crippen LogP contribution in [0.3, 0.4) is 0 Å². The van der Waals surface area contributed by atoms with Gasteiger partial charge >= 0.3 is 11.9 Å². The normalized spacial score (nSPS) is 23.7. The Kier molecular flexibility index (Phi) is 22.1. The number of methoxy groups -OCH3 is 1. The van der Waals surface area contributed by atoms with E-state index in [0.29, 0.717) is 27.8 Å². The van der Waals surface area contributed by atoms with Gasteiger partial charge in [0, 0.05) is 69.2 Å². The van der Waals surface area contributed by atoms with Crippen LogP contribution in [0.1, 0.15) is 143 Å². The van der Waals surface area contributed by atoms with Gasteiger partial charge in [0.05, 0.1) is 29.7 Å². The summed E-state index contributed by atoms with van der Waals surface area (Å²) < 4.78 is 17.7. The van der Waals surface area contributed by atoms with E-state index in [-0.39, 0.29) is 106 Å². The van der Waals surface area contributed by atoms with Crippen molar-refractivity contribution in [1.29, 1.82) is 0 Å². The van der Waals surface area contributed by atoms with Gasteiger partial charge in [0.15, 0.2) is 5.78 Å². The molecule has 0 aliphatic carbocycles. The number of nitrogens with zero attached hydrogens (tertiary/aromatic N) is 1. The van der Waals surface area contributed by atoms with Crippen molar-refractivity contribution >= 4 is 70.5 Å². The second kappa shape index (κ2) is 27.7.